The van der Waals surface area contributed by atoms with Crippen molar-refractivity contribution in [1.82, 2.24) is 10.4 Å². The van der Waals surface area contributed by atoms with Gasteiger partial charge in [0.25, 0.3) is 0 Å². The minimum atomic E-state index is -3.99. The van der Waals surface area contributed by atoms with Gasteiger partial charge in [-0.3, -0.25) is 0 Å². The summed E-state index contributed by atoms with van der Waals surface area (Å²) < 4.78 is 20.7. The van der Waals surface area contributed by atoms with Gasteiger partial charge in [-0.1, -0.05) is 0 Å². The molecule has 0 aromatic heterocycles. The van der Waals surface area contributed by atoms with Crippen LogP contribution in [0.1, 0.15) is 25.8 Å². The molecule has 1 aliphatic heterocycles. The van der Waals surface area contributed by atoms with Gasteiger partial charge in [-0.2, -0.15) is 0 Å². The Morgan fingerprint density at radius 3 is 2.60 bits per heavy atom. The molecule has 0 saturated carbocycles. The Kier molecular flexibility index (Phi) is 8.69. The molecular weight excluding hydrogens is 415 g/mol. The number of ether oxygens (including phenoxy) is 2. The summed E-state index contributed by atoms with van der Waals surface area (Å²) in [5, 5.41) is 5.15. The van der Waals surface area contributed by atoms with E-state index in [9.17, 15) is 19.3 Å². The molecular formula is C19H29N2O8P. The second kappa shape index (κ2) is 10.8. The molecule has 1 saturated heterocycles. The van der Waals surface area contributed by atoms with Gasteiger partial charge in [0.15, 0.2) is 0 Å². The first-order chi connectivity index (χ1) is 14.1. The molecule has 1 heterocycles. The molecule has 1 aromatic carbocycles. The molecule has 1 atom stereocenters. The van der Waals surface area contributed by atoms with Crippen molar-refractivity contribution in [3.63, 3.8) is 0 Å². The molecule has 168 valence electrons. The van der Waals surface area contributed by atoms with Gasteiger partial charge in [-0.25, -0.2) is 0 Å². The molecule has 0 bridgehead atoms. The molecule has 0 unspecified atom stereocenters. The number of benzene rings is 1. The molecule has 1 aromatic rings. The van der Waals surface area contributed by atoms with Crippen molar-refractivity contribution < 1.29 is 37.8 Å². The van der Waals surface area contributed by atoms with Crippen molar-refractivity contribution in [3.8, 4) is 0 Å². The van der Waals surface area contributed by atoms with E-state index in [4.69, 9.17) is 13.8 Å². The average molecular weight is 444 g/mol. The molecule has 30 heavy (non-hydrogen) atoms. The first-order valence-corrected chi connectivity index (χ1v) is 11.2. The normalized spacial score (nSPS) is 20.6. The number of carbonyl (C=O) groups is 3. The van der Waals surface area contributed by atoms with Crippen LogP contribution in [0.15, 0.2) is 30.3 Å². The van der Waals surface area contributed by atoms with Gasteiger partial charge in [-0.15, -0.1) is 0 Å². The minimum absolute atomic E-state index is 0.0130. The SMILES string of the molecule is COC(=O)CCNC(=O)[C@@H]1O[PH](O)(NCC(=O)OCc2ccccc2)OCC1(C)C. The first-order valence-electron chi connectivity index (χ1n) is 9.48. The zero-order chi connectivity index (χ0) is 22.2. The fourth-order valence-electron chi connectivity index (χ4n) is 2.67. The standard InChI is InChI=1S/C19H29N2O8P/c1-19(2)13-28-30(25,29-17(19)18(24)20-10-9-15(22)26-3)21-11-16(23)27-12-14-7-5-4-6-8-14/h4-8,17,21,25,30H,9-13H2,1-3H3,(H,20,24)/t17-/m0/s1. The zero-order valence-corrected chi connectivity index (χ0v) is 18.3. The third-order valence-electron chi connectivity index (χ3n) is 4.42. The fraction of sp³-hybridized carbons (Fsp3) is 0.526. The van der Waals surface area contributed by atoms with E-state index in [2.05, 4.69) is 15.1 Å². The van der Waals surface area contributed by atoms with E-state index in [0.717, 1.165) is 5.56 Å². The summed E-state index contributed by atoms with van der Waals surface area (Å²) >= 11 is 0. The Morgan fingerprint density at radius 2 is 1.93 bits per heavy atom. The average Bonchev–Trinajstić information content (AvgIpc) is 2.73. The van der Waals surface area contributed by atoms with Crippen LogP contribution in [-0.4, -0.2) is 55.6 Å². The van der Waals surface area contributed by atoms with Gasteiger partial charge >= 0.3 is 175 Å². The van der Waals surface area contributed by atoms with Crippen LogP contribution in [0.3, 0.4) is 0 Å². The summed E-state index contributed by atoms with van der Waals surface area (Å²) in [6, 6.07) is 9.16. The summed E-state index contributed by atoms with van der Waals surface area (Å²) in [4.78, 5) is 46.3. The Balaban J connectivity index is 1.86. The van der Waals surface area contributed by atoms with Crippen molar-refractivity contribution in [2.45, 2.75) is 33.0 Å². The monoisotopic (exact) mass is 444 g/mol. The number of hydrogen-bond donors (Lipinski definition) is 3. The maximum absolute atomic E-state index is 12.5. The Hall–Kier alpha value is -2.10. The van der Waals surface area contributed by atoms with Crippen molar-refractivity contribution in [1.29, 1.82) is 0 Å². The summed E-state index contributed by atoms with van der Waals surface area (Å²) in [6.07, 6.45) is -1.02. The molecule has 10 nitrogen and oxygen atoms in total. The Labute approximate surface area is 175 Å². The molecule has 1 aliphatic rings. The van der Waals surface area contributed by atoms with Crippen LogP contribution in [-0.2, 0) is 39.5 Å². The van der Waals surface area contributed by atoms with Crippen LogP contribution in [0, 0.1) is 5.41 Å². The van der Waals surface area contributed by atoms with Gasteiger partial charge < -0.3 is 0 Å². The van der Waals surface area contributed by atoms with Crippen molar-refractivity contribution >= 4 is 25.9 Å². The van der Waals surface area contributed by atoms with Crippen LogP contribution >= 0.6 is 8.09 Å². The molecule has 0 spiro atoms. The maximum atomic E-state index is 12.5. The van der Waals surface area contributed by atoms with E-state index in [1.165, 1.54) is 7.11 Å². The van der Waals surface area contributed by atoms with E-state index in [1.54, 1.807) is 13.8 Å². The fourth-order valence-corrected chi connectivity index (χ4v) is 4.60. The predicted octanol–water partition coefficient (Wildman–Crippen LogP) is 0.843. The molecule has 1 fully saturated rings. The van der Waals surface area contributed by atoms with Crippen molar-refractivity contribution in [2.24, 2.45) is 5.41 Å². The summed E-state index contributed by atoms with van der Waals surface area (Å²) in [7, 11) is -2.73. The number of methoxy groups -OCH3 is 1. The molecule has 11 heteroatoms. The van der Waals surface area contributed by atoms with Crippen LogP contribution in [0.2, 0.25) is 0 Å². The summed E-state index contributed by atoms with van der Waals surface area (Å²) in [5.74, 6) is -1.55. The number of nitrogens with one attached hydrogen (secondary N) is 2. The van der Waals surface area contributed by atoms with Gasteiger partial charge in [0, 0.05) is 0 Å². The number of amides is 1. The third-order valence-corrected chi connectivity index (χ3v) is 6.13. The van der Waals surface area contributed by atoms with Crippen molar-refractivity contribution in [3.05, 3.63) is 35.9 Å². The quantitative estimate of drug-likeness (QED) is 0.374. The van der Waals surface area contributed by atoms with E-state index in [-0.39, 0.29) is 32.7 Å². The number of hydrogen-bond acceptors (Lipinski definition) is 9. The number of rotatable bonds is 9. The van der Waals surface area contributed by atoms with Gasteiger partial charge in [0.1, 0.15) is 0 Å². The zero-order valence-electron chi connectivity index (χ0n) is 17.3. The van der Waals surface area contributed by atoms with Crippen molar-refractivity contribution in [2.75, 3.05) is 26.8 Å². The van der Waals surface area contributed by atoms with Crippen LogP contribution in [0.25, 0.3) is 0 Å². The van der Waals surface area contributed by atoms with E-state index < -0.39 is 37.5 Å². The number of esters is 2. The summed E-state index contributed by atoms with van der Waals surface area (Å²) in [6.45, 7) is 3.37. The van der Waals surface area contributed by atoms with Gasteiger partial charge in [0.2, 0.25) is 0 Å². The third kappa shape index (κ3) is 7.30. The first kappa shape index (κ1) is 24.2. The predicted molar refractivity (Wildman–Crippen MR) is 109 cm³/mol. The van der Waals surface area contributed by atoms with Crippen LogP contribution < -0.4 is 10.4 Å². The van der Waals surface area contributed by atoms with E-state index in [1.807, 2.05) is 30.3 Å². The van der Waals surface area contributed by atoms with E-state index in [0.29, 0.717) is 0 Å². The second-order valence-corrected chi connectivity index (χ2v) is 9.52. The van der Waals surface area contributed by atoms with E-state index >= 15 is 0 Å². The number of carbonyl (C=O) groups excluding carboxylic acids is 3. The van der Waals surface area contributed by atoms with Gasteiger partial charge in [0.05, 0.1) is 0 Å². The molecule has 0 aliphatic carbocycles. The molecule has 1 amide bonds. The van der Waals surface area contributed by atoms with Gasteiger partial charge in [-0.05, 0) is 0 Å². The summed E-state index contributed by atoms with van der Waals surface area (Å²) in [5.41, 5.74) is 0.0989. The Morgan fingerprint density at radius 1 is 1.23 bits per heavy atom. The molecule has 2 rings (SSSR count). The van der Waals surface area contributed by atoms with Crippen LogP contribution in [0.4, 0.5) is 0 Å². The Bertz CT molecular complexity index is 745. The molecule has 0 radical (unpaired) electrons. The molecule has 3 N–H and O–H groups in total. The second-order valence-electron chi connectivity index (χ2n) is 7.47. The van der Waals surface area contributed by atoms with Crippen LogP contribution in [0.5, 0.6) is 0 Å². The topological polar surface area (TPSA) is 132 Å².